The molecule has 0 saturated carbocycles. The Bertz CT molecular complexity index is 1010. The largest absolute Gasteiger partial charge is 0.390 e. The number of epoxide rings is 1. The molecule has 6 heteroatoms. The normalized spacial score (nSPS) is 21.5. The molecule has 0 bridgehead atoms. The van der Waals surface area contributed by atoms with Gasteiger partial charge in [-0.05, 0) is 43.7 Å². The second-order valence-corrected chi connectivity index (χ2v) is 7.25. The number of nitrogens with zero attached hydrogens (tertiary/aromatic N) is 1. The maximum absolute atomic E-state index is 14.4. The second kappa shape index (κ2) is 6.79. The Balaban J connectivity index is 1.80. The van der Waals surface area contributed by atoms with Gasteiger partial charge in [0.25, 0.3) is 0 Å². The fraction of sp³-hybridized carbons (Fsp3) is 0.318. The predicted molar refractivity (Wildman–Crippen MR) is 105 cm³/mol. The molecule has 4 nitrogen and oxygen atoms in total. The van der Waals surface area contributed by atoms with Gasteiger partial charge in [-0.3, -0.25) is 9.72 Å². The van der Waals surface area contributed by atoms with E-state index in [2.05, 4.69) is 10.3 Å². The summed E-state index contributed by atoms with van der Waals surface area (Å²) in [5, 5.41) is 4.16. The van der Waals surface area contributed by atoms with Gasteiger partial charge in [0, 0.05) is 23.9 Å². The first-order valence-electron chi connectivity index (χ1n) is 9.13. The number of anilines is 1. The molecule has 1 aliphatic rings. The van der Waals surface area contributed by atoms with E-state index in [0.717, 1.165) is 27.8 Å². The number of nitrogens with one attached hydrogen (secondary N) is 1. The van der Waals surface area contributed by atoms with Crippen LogP contribution in [0.1, 0.15) is 22.9 Å². The summed E-state index contributed by atoms with van der Waals surface area (Å²) in [6, 6.07) is 16.2. The zero-order valence-corrected chi connectivity index (χ0v) is 16.0. The van der Waals surface area contributed by atoms with Gasteiger partial charge in [-0.1, -0.05) is 35.9 Å². The van der Waals surface area contributed by atoms with Crippen molar-refractivity contribution in [3.05, 3.63) is 71.4 Å². The van der Waals surface area contributed by atoms with Gasteiger partial charge < -0.3 is 10.1 Å². The minimum Gasteiger partial charge on any atom is -0.381 e. The number of halogens is 2. The van der Waals surface area contributed by atoms with Gasteiger partial charge in [0.15, 0.2) is 0 Å². The molecule has 0 spiro atoms. The molecule has 0 amide bonds. The van der Waals surface area contributed by atoms with Crippen LogP contribution in [0.4, 0.5) is 14.5 Å². The van der Waals surface area contributed by atoms with Crippen LogP contribution in [0.15, 0.2) is 54.6 Å². The Morgan fingerprint density at radius 3 is 2.43 bits per heavy atom. The van der Waals surface area contributed by atoms with E-state index in [-0.39, 0.29) is 6.61 Å². The number of fused-ring (bicyclic) bond motifs is 1. The summed E-state index contributed by atoms with van der Waals surface area (Å²) in [5.41, 5.74) is 2.41. The topological polar surface area (TPSA) is 46.7 Å². The number of methoxy groups -OCH3 is 1. The maximum atomic E-state index is 14.4. The van der Waals surface area contributed by atoms with Crippen LogP contribution < -0.4 is 5.32 Å². The van der Waals surface area contributed by atoms with Crippen molar-refractivity contribution in [2.24, 2.45) is 0 Å². The molecule has 1 N–H and O–H groups in total. The number of aromatic nitrogens is 1. The molecule has 0 aliphatic carbocycles. The Morgan fingerprint density at radius 1 is 1.07 bits per heavy atom. The minimum atomic E-state index is -3.27. The van der Waals surface area contributed by atoms with Gasteiger partial charge in [-0.2, -0.15) is 8.78 Å². The predicted octanol–water partition coefficient (Wildman–Crippen LogP) is 5.01. The molecule has 1 aliphatic heterocycles. The molecule has 28 heavy (non-hydrogen) atoms. The first-order chi connectivity index (χ1) is 13.4. The third-order valence-corrected chi connectivity index (χ3v) is 5.17. The van der Waals surface area contributed by atoms with Crippen LogP contribution in [-0.4, -0.2) is 30.4 Å². The van der Waals surface area contributed by atoms with Crippen LogP contribution in [-0.2, 0) is 9.47 Å². The number of rotatable bonds is 6. The first kappa shape index (κ1) is 18.8. The zero-order chi connectivity index (χ0) is 19.9. The zero-order valence-electron chi connectivity index (χ0n) is 16.0. The summed E-state index contributed by atoms with van der Waals surface area (Å²) in [7, 11) is 1.40. The number of ether oxygens (including phenoxy) is 2. The Kier molecular flexibility index (Phi) is 4.56. The van der Waals surface area contributed by atoms with Gasteiger partial charge in [0.2, 0.25) is 5.60 Å². The fourth-order valence-electron chi connectivity index (χ4n) is 3.61. The van der Waals surface area contributed by atoms with Crippen molar-refractivity contribution in [3.8, 4) is 0 Å². The second-order valence-electron chi connectivity index (χ2n) is 7.25. The molecular weight excluding hydrogens is 362 g/mol. The molecule has 3 aromatic rings. The SMILES string of the molecule is COCC1(C(Nc2cccc3nc(C)ccc23)c2ccc(C)cc2)OC1(F)F. The van der Waals surface area contributed by atoms with Crippen molar-refractivity contribution in [2.75, 3.05) is 19.0 Å². The molecule has 1 aromatic heterocycles. The Morgan fingerprint density at radius 2 is 1.79 bits per heavy atom. The van der Waals surface area contributed by atoms with Crippen LogP contribution in [0, 0.1) is 13.8 Å². The molecular formula is C22H22F2N2O2. The third kappa shape index (κ3) is 3.12. The Labute approximate surface area is 162 Å². The molecule has 2 heterocycles. The maximum Gasteiger partial charge on any atom is 0.390 e. The van der Waals surface area contributed by atoms with Crippen LogP contribution in [0.5, 0.6) is 0 Å². The molecule has 4 rings (SSSR count). The van der Waals surface area contributed by atoms with E-state index in [9.17, 15) is 8.78 Å². The van der Waals surface area contributed by atoms with E-state index in [1.54, 1.807) is 0 Å². The van der Waals surface area contributed by atoms with Gasteiger partial charge in [0.1, 0.15) is 0 Å². The van der Waals surface area contributed by atoms with Gasteiger partial charge in [0.05, 0.1) is 18.2 Å². The van der Waals surface area contributed by atoms with E-state index >= 15 is 0 Å². The number of hydrogen-bond donors (Lipinski definition) is 1. The summed E-state index contributed by atoms with van der Waals surface area (Å²) < 4.78 is 38.8. The number of alkyl halides is 2. The highest BCUT2D eigenvalue weighted by atomic mass is 19.3. The van der Waals surface area contributed by atoms with E-state index in [4.69, 9.17) is 9.47 Å². The molecule has 2 unspecified atom stereocenters. The molecule has 2 aromatic carbocycles. The van der Waals surface area contributed by atoms with Crippen LogP contribution in [0.3, 0.4) is 0 Å². The molecule has 146 valence electrons. The average molecular weight is 384 g/mol. The van der Waals surface area contributed by atoms with Crippen molar-refractivity contribution in [1.29, 1.82) is 0 Å². The van der Waals surface area contributed by atoms with E-state index in [1.807, 2.05) is 68.4 Å². The lowest BCUT2D eigenvalue weighted by atomic mass is 9.91. The summed E-state index contributed by atoms with van der Waals surface area (Å²) >= 11 is 0. The third-order valence-electron chi connectivity index (χ3n) is 5.17. The summed E-state index contributed by atoms with van der Waals surface area (Å²) in [6.07, 6.45) is -3.27. The van der Waals surface area contributed by atoms with Crippen molar-refractivity contribution < 1.29 is 18.3 Å². The standard InChI is InChI=1S/C22H22F2N2O2/c1-14-7-10-16(11-8-14)20(21(13-27-3)22(23,24)28-21)26-19-6-4-5-18-17(19)12-9-15(2)25-18/h4-12,20,26H,13H2,1-3H3. The van der Waals surface area contributed by atoms with Crippen molar-refractivity contribution in [2.45, 2.75) is 31.6 Å². The fourth-order valence-corrected chi connectivity index (χ4v) is 3.61. The summed E-state index contributed by atoms with van der Waals surface area (Å²) in [4.78, 5) is 4.53. The highest BCUT2D eigenvalue weighted by molar-refractivity contribution is 5.91. The minimum absolute atomic E-state index is 0.229. The van der Waals surface area contributed by atoms with Crippen molar-refractivity contribution in [3.63, 3.8) is 0 Å². The van der Waals surface area contributed by atoms with Crippen LogP contribution in [0.2, 0.25) is 0 Å². The lowest BCUT2D eigenvalue weighted by Gasteiger charge is -2.27. The number of pyridine rings is 1. The number of benzene rings is 2. The highest BCUT2D eigenvalue weighted by Gasteiger charge is 2.78. The van der Waals surface area contributed by atoms with E-state index in [1.165, 1.54) is 7.11 Å². The lowest BCUT2D eigenvalue weighted by molar-refractivity contribution is -0.000611. The van der Waals surface area contributed by atoms with Crippen LogP contribution in [0.25, 0.3) is 10.9 Å². The van der Waals surface area contributed by atoms with Crippen molar-refractivity contribution >= 4 is 16.6 Å². The number of hydrogen-bond acceptors (Lipinski definition) is 4. The summed E-state index contributed by atoms with van der Waals surface area (Å²) in [6.45, 7) is 3.65. The number of aryl methyl sites for hydroxylation is 2. The smallest absolute Gasteiger partial charge is 0.381 e. The van der Waals surface area contributed by atoms with Gasteiger partial charge >= 0.3 is 6.11 Å². The monoisotopic (exact) mass is 384 g/mol. The average Bonchev–Trinajstić information content (AvgIpc) is 3.21. The quantitative estimate of drug-likeness (QED) is 0.607. The van der Waals surface area contributed by atoms with Gasteiger partial charge in [-0.25, -0.2) is 0 Å². The summed E-state index contributed by atoms with van der Waals surface area (Å²) in [5.74, 6) is 0. The highest BCUT2D eigenvalue weighted by Crippen LogP contribution is 2.58. The Hall–Kier alpha value is -2.57. The molecule has 1 fully saturated rings. The molecule has 0 radical (unpaired) electrons. The molecule has 2 atom stereocenters. The van der Waals surface area contributed by atoms with Crippen LogP contribution >= 0.6 is 0 Å². The first-order valence-corrected chi connectivity index (χ1v) is 9.13. The molecule has 1 saturated heterocycles. The van der Waals surface area contributed by atoms with E-state index < -0.39 is 17.8 Å². The van der Waals surface area contributed by atoms with Gasteiger partial charge in [-0.15, -0.1) is 0 Å². The van der Waals surface area contributed by atoms with E-state index in [0.29, 0.717) is 5.56 Å². The van der Waals surface area contributed by atoms with Crippen molar-refractivity contribution in [1.82, 2.24) is 4.98 Å². The lowest BCUT2D eigenvalue weighted by Crippen LogP contribution is -2.37.